The Labute approximate surface area is 93.6 Å². The van der Waals surface area contributed by atoms with Crippen LogP contribution in [-0.2, 0) is 0 Å². The SMILES string of the molecule is OCCCC(Cl)c1ccc2c(c1)OCO2. The van der Waals surface area contributed by atoms with E-state index in [2.05, 4.69) is 0 Å². The summed E-state index contributed by atoms with van der Waals surface area (Å²) >= 11 is 6.18. The van der Waals surface area contributed by atoms with Gasteiger partial charge in [0.15, 0.2) is 11.5 Å². The van der Waals surface area contributed by atoms with Crippen molar-refractivity contribution >= 4 is 11.6 Å². The third-order valence-electron chi connectivity index (χ3n) is 2.37. The summed E-state index contributed by atoms with van der Waals surface area (Å²) in [6.45, 7) is 0.455. The van der Waals surface area contributed by atoms with Gasteiger partial charge in [0.05, 0.1) is 5.38 Å². The molecular formula is C11H13ClO3. The second kappa shape index (κ2) is 4.73. The van der Waals surface area contributed by atoms with E-state index in [0.29, 0.717) is 6.42 Å². The summed E-state index contributed by atoms with van der Waals surface area (Å²) in [5.41, 5.74) is 1.01. The predicted molar refractivity (Wildman–Crippen MR) is 57.5 cm³/mol. The molecule has 2 rings (SSSR count). The molecule has 0 saturated carbocycles. The molecular weight excluding hydrogens is 216 g/mol. The van der Waals surface area contributed by atoms with Gasteiger partial charge in [-0.05, 0) is 30.5 Å². The van der Waals surface area contributed by atoms with Crippen molar-refractivity contribution in [3.05, 3.63) is 23.8 Å². The van der Waals surface area contributed by atoms with Gasteiger partial charge in [-0.2, -0.15) is 0 Å². The molecule has 1 aliphatic rings. The summed E-state index contributed by atoms with van der Waals surface area (Å²) in [6, 6.07) is 5.70. The minimum absolute atomic E-state index is 0.0772. The zero-order valence-corrected chi connectivity index (χ0v) is 9.04. The van der Waals surface area contributed by atoms with Crippen molar-refractivity contribution < 1.29 is 14.6 Å². The molecule has 1 unspecified atom stereocenters. The first kappa shape index (κ1) is 10.6. The molecule has 0 spiro atoms. The summed E-state index contributed by atoms with van der Waals surface area (Å²) < 4.78 is 10.5. The molecule has 0 fully saturated rings. The third kappa shape index (κ3) is 2.36. The van der Waals surface area contributed by atoms with Crippen molar-refractivity contribution in [3.63, 3.8) is 0 Å². The minimum Gasteiger partial charge on any atom is -0.454 e. The van der Waals surface area contributed by atoms with Crippen LogP contribution in [0.2, 0.25) is 0 Å². The number of aliphatic hydroxyl groups excluding tert-OH is 1. The standard InChI is InChI=1S/C11H13ClO3/c12-9(2-1-5-13)8-3-4-10-11(6-8)15-7-14-10/h3-4,6,9,13H,1-2,5,7H2. The van der Waals surface area contributed by atoms with Crippen molar-refractivity contribution in [2.24, 2.45) is 0 Å². The Kier molecular flexibility index (Phi) is 3.34. The van der Waals surface area contributed by atoms with Gasteiger partial charge in [-0.3, -0.25) is 0 Å². The summed E-state index contributed by atoms with van der Waals surface area (Å²) in [4.78, 5) is 0. The first-order valence-electron chi connectivity index (χ1n) is 4.96. The van der Waals surface area contributed by atoms with Crippen LogP contribution >= 0.6 is 11.6 Å². The molecule has 0 aliphatic carbocycles. The number of alkyl halides is 1. The number of rotatable bonds is 4. The summed E-state index contributed by atoms with van der Waals surface area (Å²) in [5, 5.41) is 8.64. The third-order valence-corrected chi connectivity index (χ3v) is 2.84. The molecule has 0 bridgehead atoms. The van der Waals surface area contributed by atoms with Gasteiger partial charge in [0.1, 0.15) is 0 Å². The summed E-state index contributed by atoms with van der Waals surface area (Å²) in [6.07, 6.45) is 1.47. The van der Waals surface area contributed by atoms with Gasteiger partial charge in [0.25, 0.3) is 0 Å². The van der Waals surface area contributed by atoms with Crippen LogP contribution in [0.15, 0.2) is 18.2 Å². The highest BCUT2D eigenvalue weighted by Crippen LogP contribution is 2.36. The number of aliphatic hydroxyl groups is 1. The van der Waals surface area contributed by atoms with E-state index in [0.717, 1.165) is 23.5 Å². The molecule has 15 heavy (non-hydrogen) atoms. The fourth-order valence-electron chi connectivity index (χ4n) is 1.55. The van der Waals surface area contributed by atoms with E-state index in [1.807, 2.05) is 18.2 Å². The first-order valence-corrected chi connectivity index (χ1v) is 5.39. The molecule has 0 radical (unpaired) electrons. The van der Waals surface area contributed by atoms with Crippen LogP contribution in [0, 0.1) is 0 Å². The number of hydrogen-bond acceptors (Lipinski definition) is 3. The van der Waals surface area contributed by atoms with E-state index in [-0.39, 0.29) is 18.8 Å². The topological polar surface area (TPSA) is 38.7 Å². The number of benzene rings is 1. The molecule has 4 heteroatoms. The highest BCUT2D eigenvalue weighted by atomic mass is 35.5. The smallest absolute Gasteiger partial charge is 0.231 e. The minimum atomic E-state index is -0.0772. The molecule has 0 saturated heterocycles. The lowest BCUT2D eigenvalue weighted by Gasteiger charge is -2.09. The Morgan fingerprint density at radius 1 is 1.33 bits per heavy atom. The van der Waals surface area contributed by atoms with Crippen molar-refractivity contribution in [3.8, 4) is 11.5 Å². The van der Waals surface area contributed by atoms with E-state index in [1.165, 1.54) is 0 Å². The Hall–Kier alpha value is -0.930. The van der Waals surface area contributed by atoms with Crippen molar-refractivity contribution in [2.75, 3.05) is 13.4 Å². The highest BCUT2D eigenvalue weighted by Gasteiger charge is 2.16. The molecule has 1 N–H and O–H groups in total. The molecule has 1 aromatic carbocycles. The summed E-state index contributed by atoms with van der Waals surface area (Å²) in [5.74, 6) is 1.52. The van der Waals surface area contributed by atoms with Crippen LogP contribution in [0.25, 0.3) is 0 Å². The molecule has 0 amide bonds. The van der Waals surface area contributed by atoms with Crippen LogP contribution in [-0.4, -0.2) is 18.5 Å². The second-order valence-corrected chi connectivity index (χ2v) is 3.97. The van der Waals surface area contributed by atoms with E-state index in [4.69, 9.17) is 26.2 Å². The fourth-order valence-corrected chi connectivity index (χ4v) is 1.84. The predicted octanol–water partition coefficient (Wildman–Crippen LogP) is 2.47. The van der Waals surface area contributed by atoms with Gasteiger partial charge in [-0.25, -0.2) is 0 Å². The molecule has 1 heterocycles. The lowest BCUT2D eigenvalue weighted by molar-refractivity contribution is 0.174. The first-order chi connectivity index (χ1) is 7.31. The quantitative estimate of drug-likeness (QED) is 0.805. The average molecular weight is 229 g/mol. The molecule has 1 atom stereocenters. The van der Waals surface area contributed by atoms with Crippen LogP contribution in [0.1, 0.15) is 23.8 Å². The van der Waals surface area contributed by atoms with Crippen LogP contribution in [0.4, 0.5) is 0 Å². The molecule has 3 nitrogen and oxygen atoms in total. The fraction of sp³-hybridized carbons (Fsp3) is 0.455. The van der Waals surface area contributed by atoms with E-state index < -0.39 is 0 Å². The Bertz CT molecular complexity index is 341. The normalized spacial score (nSPS) is 15.3. The maximum atomic E-state index is 8.71. The van der Waals surface area contributed by atoms with Gasteiger partial charge in [-0.1, -0.05) is 6.07 Å². The average Bonchev–Trinajstić information content (AvgIpc) is 2.72. The van der Waals surface area contributed by atoms with Gasteiger partial charge in [-0.15, -0.1) is 11.6 Å². The number of halogens is 1. The lowest BCUT2D eigenvalue weighted by Crippen LogP contribution is -1.93. The van der Waals surface area contributed by atoms with Gasteiger partial charge < -0.3 is 14.6 Å². The van der Waals surface area contributed by atoms with Crippen molar-refractivity contribution in [2.45, 2.75) is 18.2 Å². The van der Waals surface area contributed by atoms with Gasteiger partial charge in [0, 0.05) is 6.61 Å². The molecule has 1 aromatic rings. The molecule has 0 aromatic heterocycles. The van der Waals surface area contributed by atoms with E-state index >= 15 is 0 Å². The van der Waals surface area contributed by atoms with Crippen LogP contribution in [0.3, 0.4) is 0 Å². The van der Waals surface area contributed by atoms with Gasteiger partial charge >= 0.3 is 0 Å². The largest absolute Gasteiger partial charge is 0.454 e. The van der Waals surface area contributed by atoms with E-state index in [9.17, 15) is 0 Å². The van der Waals surface area contributed by atoms with Crippen LogP contribution < -0.4 is 9.47 Å². The maximum absolute atomic E-state index is 8.71. The van der Waals surface area contributed by atoms with Gasteiger partial charge in [0.2, 0.25) is 6.79 Å². The van der Waals surface area contributed by atoms with E-state index in [1.54, 1.807) is 0 Å². The number of fused-ring (bicyclic) bond motifs is 1. The Balaban J connectivity index is 2.08. The Morgan fingerprint density at radius 2 is 2.13 bits per heavy atom. The summed E-state index contributed by atoms with van der Waals surface area (Å²) in [7, 11) is 0. The number of ether oxygens (including phenoxy) is 2. The molecule has 82 valence electrons. The zero-order valence-electron chi connectivity index (χ0n) is 8.28. The zero-order chi connectivity index (χ0) is 10.7. The lowest BCUT2D eigenvalue weighted by atomic mass is 10.1. The monoisotopic (exact) mass is 228 g/mol. The highest BCUT2D eigenvalue weighted by molar-refractivity contribution is 6.20. The molecule has 1 aliphatic heterocycles. The van der Waals surface area contributed by atoms with Crippen LogP contribution in [0.5, 0.6) is 11.5 Å². The number of hydrogen-bond donors (Lipinski definition) is 1. The maximum Gasteiger partial charge on any atom is 0.231 e. The Morgan fingerprint density at radius 3 is 2.93 bits per heavy atom. The van der Waals surface area contributed by atoms with Crippen molar-refractivity contribution in [1.29, 1.82) is 0 Å². The second-order valence-electron chi connectivity index (χ2n) is 3.45. The van der Waals surface area contributed by atoms with Crippen molar-refractivity contribution in [1.82, 2.24) is 0 Å².